The maximum Gasteiger partial charge on any atom is 0.276 e. The molecule has 0 fully saturated rings. The van der Waals surface area contributed by atoms with Crippen LogP contribution >= 0.6 is 0 Å². The summed E-state index contributed by atoms with van der Waals surface area (Å²) >= 11 is 0. The molecule has 1 N–H and O–H groups in total. The van der Waals surface area contributed by atoms with Crippen LogP contribution in [0.3, 0.4) is 0 Å². The van der Waals surface area contributed by atoms with Crippen LogP contribution in [0, 0.1) is 0 Å². The van der Waals surface area contributed by atoms with E-state index in [1.807, 2.05) is 36.4 Å². The molecule has 0 aliphatic carbocycles. The van der Waals surface area contributed by atoms with Crippen molar-refractivity contribution in [2.75, 3.05) is 5.32 Å². The molecule has 1 heterocycles. The fourth-order valence-corrected chi connectivity index (χ4v) is 3.39. The zero-order valence-electron chi connectivity index (χ0n) is 17.4. The number of hydrogen-bond acceptors (Lipinski definition) is 3. The number of fused-ring (bicyclic) bond motifs is 1. The maximum atomic E-state index is 13.0. The van der Waals surface area contributed by atoms with E-state index in [-0.39, 0.29) is 17.2 Å². The average molecular weight is 392 g/mol. The van der Waals surface area contributed by atoms with Crippen molar-refractivity contribution in [3.05, 3.63) is 70.1 Å². The van der Waals surface area contributed by atoms with E-state index >= 15 is 0 Å². The number of hydrogen-bond donors (Lipinski definition) is 1. The molecule has 5 heteroatoms. The molecule has 0 saturated heterocycles. The van der Waals surface area contributed by atoms with Crippen LogP contribution in [0.2, 0.25) is 0 Å². The zero-order chi connectivity index (χ0) is 20.8. The third kappa shape index (κ3) is 4.73. The van der Waals surface area contributed by atoms with Crippen molar-refractivity contribution in [2.24, 2.45) is 0 Å². The SMILES string of the molecule is CCCCCn1nc(C(=O)Nc2ccc([C@@H](C)CC)cc2)c2ccccc2c1=O. The van der Waals surface area contributed by atoms with Crippen LogP contribution in [0.4, 0.5) is 5.69 Å². The van der Waals surface area contributed by atoms with Gasteiger partial charge in [-0.3, -0.25) is 9.59 Å². The monoisotopic (exact) mass is 391 g/mol. The summed E-state index contributed by atoms with van der Waals surface area (Å²) in [6.07, 6.45) is 4.01. The lowest BCUT2D eigenvalue weighted by Crippen LogP contribution is -2.27. The predicted molar refractivity (Wildman–Crippen MR) is 119 cm³/mol. The third-order valence-corrected chi connectivity index (χ3v) is 5.41. The van der Waals surface area contributed by atoms with Gasteiger partial charge in [-0.1, -0.05) is 63.9 Å². The van der Waals surface area contributed by atoms with Crippen LogP contribution in [-0.4, -0.2) is 15.7 Å². The quantitative estimate of drug-likeness (QED) is 0.526. The second-order valence-corrected chi connectivity index (χ2v) is 7.52. The highest BCUT2D eigenvalue weighted by molar-refractivity contribution is 6.11. The Morgan fingerprint density at radius 2 is 1.72 bits per heavy atom. The first-order chi connectivity index (χ1) is 14.0. The van der Waals surface area contributed by atoms with Gasteiger partial charge in [0, 0.05) is 17.6 Å². The van der Waals surface area contributed by atoms with E-state index < -0.39 is 0 Å². The number of benzene rings is 2. The first-order valence-corrected chi connectivity index (χ1v) is 10.5. The predicted octanol–water partition coefficient (Wildman–Crippen LogP) is 5.35. The van der Waals surface area contributed by atoms with Crippen LogP contribution < -0.4 is 10.9 Å². The Balaban J connectivity index is 1.92. The highest BCUT2D eigenvalue weighted by Gasteiger charge is 2.17. The number of nitrogens with one attached hydrogen (secondary N) is 1. The van der Waals surface area contributed by atoms with Gasteiger partial charge >= 0.3 is 0 Å². The normalized spacial score (nSPS) is 12.1. The molecule has 0 bridgehead atoms. The number of rotatable bonds is 8. The van der Waals surface area contributed by atoms with Crippen molar-refractivity contribution < 1.29 is 4.79 Å². The summed E-state index contributed by atoms with van der Waals surface area (Å²) in [6.45, 7) is 6.97. The Kier molecular flexibility index (Phi) is 6.81. The lowest BCUT2D eigenvalue weighted by Gasteiger charge is -2.12. The summed E-state index contributed by atoms with van der Waals surface area (Å²) in [5.41, 5.74) is 2.10. The van der Waals surface area contributed by atoms with Crippen molar-refractivity contribution in [3.8, 4) is 0 Å². The Morgan fingerprint density at radius 3 is 2.38 bits per heavy atom. The second kappa shape index (κ2) is 9.50. The van der Waals surface area contributed by atoms with E-state index in [4.69, 9.17) is 0 Å². The smallest absolute Gasteiger partial charge is 0.276 e. The number of amides is 1. The molecule has 29 heavy (non-hydrogen) atoms. The van der Waals surface area contributed by atoms with Crippen molar-refractivity contribution in [3.63, 3.8) is 0 Å². The fourth-order valence-electron chi connectivity index (χ4n) is 3.39. The maximum absolute atomic E-state index is 13.0. The van der Waals surface area contributed by atoms with Gasteiger partial charge in [0.1, 0.15) is 0 Å². The van der Waals surface area contributed by atoms with Gasteiger partial charge in [0.2, 0.25) is 0 Å². The molecule has 0 saturated carbocycles. The molecule has 2 aromatic carbocycles. The molecule has 0 aliphatic heterocycles. The molecule has 1 aromatic heterocycles. The Labute approximate surface area is 171 Å². The number of carbonyl (C=O) groups excluding carboxylic acids is 1. The Hall–Kier alpha value is -2.95. The van der Waals surface area contributed by atoms with E-state index in [1.54, 1.807) is 12.1 Å². The Morgan fingerprint density at radius 1 is 1.03 bits per heavy atom. The van der Waals surface area contributed by atoms with Crippen molar-refractivity contribution in [1.82, 2.24) is 9.78 Å². The molecule has 5 nitrogen and oxygen atoms in total. The standard InChI is InChI=1S/C24H29N3O2/c1-4-6-9-16-27-24(29)21-11-8-7-10-20(21)22(26-27)23(28)25-19-14-12-18(13-15-19)17(3)5-2/h7-8,10-15,17H,4-6,9,16H2,1-3H3,(H,25,28)/t17-/m0/s1. The van der Waals surface area contributed by atoms with E-state index in [9.17, 15) is 9.59 Å². The highest BCUT2D eigenvalue weighted by atomic mass is 16.2. The molecule has 152 valence electrons. The van der Waals surface area contributed by atoms with Crippen LogP contribution in [0.5, 0.6) is 0 Å². The van der Waals surface area contributed by atoms with Gasteiger partial charge in [0.05, 0.1) is 5.39 Å². The minimum Gasteiger partial charge on any atom is -0.321 e. The molecular formula is C24H29N3O2. The average Bonchev–Trinajstić information content (AvgIpc) is 2.75. The topological polar surface area (TPSA) is 64.0 Å². The summed E-state index contributed by atoms with van der Waals surface area (Å²) in [7, 11) is 0. The molecular weight excluding hydrogens is 362 g/mol. The molecule has 0 radical (unpaired) electrons. The number of nitrogens with zero attached hydrogens (tertiary/aromatic N) is 2. The number of anilines is 1. The Bertz CT molecular complexity index is 1040. The number of aryl methyl sites for hydroxylation is 1. The fraction of sp³-hybridized carbons (Fsp3) is 0.375. The molecule has 0 aliphatic rings. The lowest BCUT2D eigenvalue weighted by atomic mass is 9.98. The van der Waals surface area contributed by atoms with Crippen LogP contribution in [0.25, 0.3) is 10.8 Å². The van der Waals surface area contributed by atoms with Gasteiger partial charge in [-0.15, -0.1) is 0 Å². The number of aromatic nitrogens is 2. The van der Waals surface area contributed by atoms with Crippen molar-refractivity contribution >= 4 is 22.4 Å². The molecule has 0 spiro atoms. The first-order valence-electron chi connectivity index (χ1n) is 10.5. The summed E-state index contributed by atoms with van der Waals surface area (Å²) in [5, 5.41) is 8.46. The molecule has 1 atom stereocenters. The molecule has 1 amide bonds. The summed E-state index contributed by atoms with van der Waals surface area (Å²) in [4.78, 5) is 25.8. The highest BCUT2D eigenvalue weighted by Crippen LogP contribution is 2.21. The van der Waals surface area contributed by atoms with E-state index in [0.717, 1.165) is 31.4 Å². The lowest BCUT2D eigenvalue weighted by molar-refractivity contribution is 0.102. The van der Waals surface area contributed by atoms with E-state index in [1.165, 1.54) is 10.2 Å². The van der Waals surface area contributed by atoms with Gasteiger partial charge in [0.15, 0.2) is 5.69 Å². The van der Waals surface area contributed by atoms with Gasteiger partial charge in [0.25, 0.3) is 11.5 Å². The van der Waals surface area contributed by atoms with Gasteiger partial charge in [-0.05, 0) is 42.5 Å². The first kappa shape index (κ1) is 20.8. The summed E-state index contributed by atoms with van der Waals surface area (Å²) in [6, 6.07) is 15.1. The largest absolute Gasteiger partial charge is 0.321 e. The van der Waals surface area contributed by atoms with Crippen LogP contribution in [0.15, 0.2) is 53.3 Å². The minimum absolute atomic E-state index is 0.147. The number of carbonyl (C=O) groups is 1. The summed E-state index contributed by atoms with van der Waals surface area (Å²) in [5.74, 6) is 0.179. The van der Waals surface area contributed by atoms with E-state index in [0.29, 0.717) is 23.2 Å². The molecule has 3 rings (SSSR count). The van der Waals surface area contributed by atoms with Crippen LogP contribution in [-0.2, 0) is 6.54 Å². The van der Waals surface area contributed by atoms with Crippen LogP contribution in [0.1, 0.15) is 68.4 Å². The van der Waals surface area contributed by atoms with Gasteiger partial charge < -0.3 is 5.32 Å². The number of unbranched alkanes of at least 4 members (excludes halogenated alkanes) is 2. The zero-order valence-corrected chi connectivity index (χ0v) is 17.4. The molecule has 0 unspecified atom stereocenters. The van der Waals surface area contributed by atoms with Crippen molar-refractivity contribution in [1.29, 1.82) is 0 Å². The summed E-state index contributed by atoms with van der Waals surface area (Å²) < 4.78 is 1.43. The third-order valence-electron chi connectivity index (χ3n) is 5.41. The van der Waals surface area contributed by atoms with Crippen molar-refractivity contribution in [2.45, 2.75) is 58.9 Å². The van der Waals surface area contributed by atoms with Gasteiger partial charge in [-0.25, -0.2) is 4.68 Å². The minimum atomic E-state index is -0.304. The second-order valence-electron chi connectivity index (χ2n) is 7.52. The van der Waals surface area contributed by atoms with Gasteiger partial charge in [-0.2, -0.15) is 5.10 Å². The van der Waals surface area contributed by atoms with E-state index in [2.05, 4.69) is 31.2 Å². The molecule has 3 aromatic rings.